The molecule has 0 radical (unpaired) electrons. The molecule has 1 heterocycles. The molecule has 0 aliphatic carbocycles. The molecule has 1 aliphatic heterocycles. The summed E-state index contributed by atoms with van der Waals surface area (Å²) in [5.41, 5.74) is 1.30. The van der Waals surface area contributed by atoms with E-state index >= 15 is 0 Å². The molecule has 0 bridgehead atoms. The van der Waals surface area contributed by atoms with Crippen molar-refractivity contribution in [2.24, 2.45) is 5.92 Å². The fourth-order valence-electron chi connectivity index (χ4n) is 3.30. The van der Waals surface area contributed by atoms with Crippen molar-refractivity contribution in [1.82, 2.24) is 4.90 Å². The Morgan fingerprint density at radius 3 is 2.20 bits per heavy atom. The number of rotatable bonds is 5. The number of carbonyl (C=O) groups excluding carboxylic acids is 2. The Hall–Kier alpha value is -2.49. The molecule has 2 aromatic carbocycles. The first-order valence-corrected chi connectivity index (χ1v) is 8.76. The van der Waals surface area contributed by atoms with Gasteiger partial charge in [-0.25, -0.2) is 4.39 Å². The number of hydrogen-bond donors (Lipinski definition) is 0. The Morgan fingerprint density at radius 2 is 1.56 bits per heavy atom. The Labute approximate surface area is 147 Å². The number of likely N-dealkylation sites (tertiary alicyclic amines) is 1. The summed E-state index contributed by atoms with van der Waals surface area (Å²) in [7, 11) is 0. The first-order valence-electron chi connectivity index (χ1n) is 8.76. The van der Waals surface area contributed by atoms with E-state index in [1.54, 1.807) is 12.1 Å². The Bertz CT molecular complexity index is 719. The summed E-state index contributed by atoms with van der Waals surface area (Å²) in [6, 6.07) is 15.1. The Morgan fingerprint density at radius 1 is 0.920 bits per heavy atom. The van der Waals surface area contributed by atoms with Gasteiger partial charge in [0.05, 0.1) is 0 Å². The van der Waals surface area contributed by atoms with E-state index in [9.17, 15) is 14.0 Å². The van der Waals surface area contributed by atoms with Crippen LogP contribution in [0.4, 0.5) is 4.39 Å². The second-order valence-electron chi connectivity index (χ2n) is 6.57. The number of piperidine rings is 1. The summed E-state index contributed by atoms with van der Waals surface area (Å²) in [6.07, 6.45) is 3.15. The van der Waals surface area contributed by atoms with Gasteiger partial charge in [-0.15, -0.1) is 0 Å². The minimum absolute atomic E-state index is 0.0581. The second kappa shape index (κ2) is 8.06. The van der Waals surface area contributed by atoms with Crippen LogP contribution in [0, 0.1) is 11.7 Å². The molecule has 3 nitrogen and oxygen atoms in total. The van der Waals surface area contributed by atoms with E-state index in [1.807, 2.05) is 35.2 Å². The van der Waals surface area contributed by atoms with E-state index in [4.69, 9.17) is 0 Å². The molecule has 25 heavy (non-hydrogen) atoms. The van der Waals surface area contributed by atoms with Crippen LogP contribution in [0.2, 0.25) is 0 Å². The number of benzene rings is 2. The summed E-state index contributed by atoms with van der Waals surface area (Å²) in [5.74, 6) is 0.278. The van der Waals surface area contributed by atoms with Gasteiger partial charge in [-0.05, 0) is 61.6 Å². The lowest BCUT2D eigenvalue weighted by Gasteiger charge is -2.32. The van der Waals surface area contributed by atoms with E-state index in [-0.39, 0.29) is 17.5 Å². The van der Waals surface area contributed by atoms with Crippen molar-refractivity contribution in [1.29, 1.82) is 0 Å². The first-order chi connectivity index (χ1) is 12.1. The maximum absolute atomic E-state index is 12.9. The predicted molar refractivity (Wildman–Crippen MR) is 95.0 cm³/mol. The summed E-state index contributed by atoms with van der Waals surface area (Å²) in [6.45, 7) is 1.48. The summed E-state index contributed by atoms with van der Waals surface area (Å²) in [5, 5.41) is 0. The lowest BCUT2D eigenvalue weighted by Crippen LogP contribution is -2.38. The fraction of sp³-hybridized carbons (Fsp3) is 0.333. The highest BCUT2D eigenvalue weighted by atomic mass is 19.1. The van der Waals surface area contributed by atoms with Crippen LogP contribution in [0.5, 0.6) is 0 Å². The maximum Gasteiger partial charge on any atom is 0.253 e. The molecule has 1 amide bonds. The molecule has 1 fully saturated rings. The number of Topliss-reactive ketones (excluding diaryl/α,β-unsaturated/α-hetero) is 1. The van der Waals surface area contributed by atoms with E-state index in [1.165, 1.54) is 12.1 Å². The topological polar surface area (TPSA) is 37.4 Å². The smallest absolute Gasteiger partial charge is 0.253 e. The molecule has 130 valence electrons. The molecule has 0 saturated carbocycles. The largest absolute Gasteiger partial charge is 0.339 e. The monoisotopic (exact) mass is 339 g/mol. The standard InChI is InChI=1S/C21H22FNO2/c22-19-9-7-17(8-10-19)20(24)11-6-16-12-14-23(15-13-16)21(25)18-4-2-1-3-5-18/h1-5,7-10,16H,6,11-15H2. The third-order valence-corrected chi connectivity index (χ3v) is 4.87. The summed E-state index contributed by atoms with van der Waals surface area (Å²) < 4.78 is 12.9. The number of halogens is 1. The van der Waals surface area contributed by atoms with Crippen LogP contribution in [-0.2, 0) is 0 Å². The van der Waals surface area contributed by atoms with Gasteiger partial charge in [-0.1, -0.05) is 18.2 Å². The highest BCUT2D eigenvalue weighted by Gasteiger charge is 2.24. The number of ketones is 1. The van der Waals surface area contributed by atoms with Crippen molar-refractivity contribution in [3.63, 3.8) is 0 Å². The minimum atomic E-state index is -0.327. The van der Waals surface area contributed by atoms with Crippen LogP contribution in [0.15, 0.2) is 54.6 Å². The fourth-order valence-corrected chi connectivity index (χ4v) is 3.30. The van der Waals surface area contributed by atoms with Gasteiger partial charge in [0.25, 0.3) is 5.91 Å². The molecule has 0 atom stereocenters. The molecule has 0 aromatic heterocycles. The van der Waals surface area contributed by atoms with Gasteiger partial charge in [0, 0.05) is 30.6 Å². The molecule has 0 spiro atoms. The zero-order valence-corrected chi connectivity index (χ0v) is 14.2. The molecule has 2 aromatic rings. The first kappa shape index (κ1) is 17.3. The van der Waals surface area contributed by atoms with Crippen molar-refractivity contribution in [3.8, 4) is 0 Å². The van der Waals surface area contributed by atoms with Gasteiger partial charge in [0.15, 0.2) is 5.78 Å². The SMILES string of the molecule is O=C(CCC1CCN(C(=O)c2ccccc2)CC1)c1ccc(F)cc1. The minimum Gasteiger partial charge on any atom is -0.339 e. The van der Waals surface area contributed by atoms with Gasteiger partial charge in [-0.2, -0.15) is 0 Å². The van der Waals surface area contributed by atoms with Crippen molar-refractivity contribution < 1.29 is 14.0 Å². The van der Waals surface area contributed by atoms with Gasteiger partial charge in [0.2, 0.25) is 0 Å². The van der Waals surface area contributed by atoms with E-state index in [0.29, 0.717) is 17.9 Å². The van der Waals surface area contributed by atoms with E-state index in [2.05, 4.69) is 0 Å². The van der Waals surface area contributed by atoms with Crippen molar-refractivity contribution in [3.05, 3.63) is 71.5 Å². The number of hydrogen-bond acceptors (Lipinski definition) is 2. The lowest BCUT2D eigenvalue weighted by molar-refractivity contribution is 0.0681. The zero-order valence-electron chi connectivity index (χ0n) is 14.2. The average Bonchev–Trinajstić information content (AvgIpc) is 2.67. The molecular formula is C21H22FNO2. The van der Waals surface area contributed by atoms with E-state index < -0.39 is 0 Å². The number of amides is 1. The normalized spacial score (nSPS) is 15.2. The molecule has 0 N–H and O–H groups in total. The summed E-state index contributed by atoms with van der Waals surface area (Å²) >= 11 is 0. The lowest BCUT2D eigenvalue weighted by atomic mass is 9.90. The number of carbonyl (C=O) groups is 2. The third-order valence-electron chi connectivity index (χ3n) is 4.87. The van der Waals surface area contributed by atoms with Gasteiger partial charge < -0.3 is 4.90 Å². The van der Waals surface area contributed by atoms with E-state index in [0.717, 1.165) is 37.9 Å². The van der Waals surface area contributed by atoms with Crippen molar-refractivity contribution >= 4 is 11.7 Å². The maximum atomic E-state index is 12.9. The third kappa shape index (κ3) is 4.53. The Kier molecular flexibility index (Phi) is 5.59. The van der Waals surface area contributed by atoms with Crippen LogP contribution >= 0.6 is 0 Å². The van der Waals surface area contributed by atoms with Gasteiger partial charge >= 0.3 is 0 Å². The highest BCUT2D eigenvalue weighted by molar-refractivity contribution is 5.96. The molecular weight excluding hydrogens is 317 g/mol. The van der Waals surface area contributed by atoms with Gasteiger partial charge in [0.1, 0.15) is 5.82 Å². The Balaban J connectivity index is 1.45. The highest BCUT2D eigenvalue weighted by Crippen LogP contribution is 2.24. The predicted octanol–water partition coefficient (Wildman–Crippen LogP) is 4.34. The van der Waals surface area contributed by atoms with Crippen LogP contribution < -0.4 is 0 Å². The molecule has 0 unspecified atom stereocenters. The van der Waals surface area contributed by atoms with Crippen LogP contribution in [0.25, 0.3) is 0 Å². The van der Waals surface area contributed by atoms with Crippen molar-refractivity contribution in [2.75, 3.05) is 13.1 Å². The van der Waals surface area contributed by atoms with Crippen molar-refractivity contribution in [2.45, 2.75) is 25.7 Å². The average molecular weight is 339 g/mol. The van der Waals surface area contributed by atoms with Gasteiger partial charge in [-0.3, -0.25) is 9.59 Å². The molecule has 3 rings (SSSR count). The number of nitrogens with zero attached hydrogens (tertiary/aromatic N) is 1. The summed E-state index contributed by atoms with van der Waals surface area (Å²) in [4.78, 5) is 26.5. The second-order valence-corrected chi connectivity index (χ2v) is 6.57. The van der Waals surface area contributed by atoms with Crippen LogP contribution in [-0.4, -0.2) is 29.7 Å². The van der Waals surface area contributed by atoms with Crippen LogP contribution in [0.3, 0.4) is 0 Å². The molecule has 1 aliphatic rings. The molecule has 4 heteroatoms. The zero-order chi connectivity index (χ0) is 17.6. The van der Waals surface area contributed by atoms with Crippen LogP contribution in [0.1, 0.15) is 46.4 Å². The molecule has 1 saturated heterocycles. The quantitative estimate of drug-likeness (QED) is 0.760.